The lowest BCUT2D eigenvalue weighted by Gasteiger charge is -1.95. The van der Waals surface area contributed by atoms with Gasteiger partial charge in [0.2, 0.25) is 5.13 Å². The molecule has 0 saturated carbocycles. The Hall–Kier alpha value is -1.54. The van der Waals surface area contributed by atoms with Gasteiger partial charge in [-0.2, -0.15) is 0 Å². The minimum atomic E-state index is -0.999. The number of carboxylic acid groups (broad SMARTS) is 1. The molecule has 0 aliphatic carbocycles. The summed E-state index contributed by atoms with van der Waals surface area (Å²) < 4.78 is 5.76. The first-order valence-corrected chi connectivity index (χ1v) is 5.98. The van der Waals surface area contributed by atoms with Crippen LogP contribution in [-0.4, -0.2) is 21.3 Å². The largest absolute Gasteiger partial charge is 0.478 e. The summed E-state index contributed by atoms with van der Waals surface area (Å²) in [5.74, 6) is -0.198. The summed E-state index contributed by atoms with van der Waals surface area (Å²) in [5, 5.41) is 16.7. The van der Waals surface area contributed by atoms with Crippen molar-refractivity contribution in [1.82, 2.24) is 10.2 Å². The molecule has 0 radical (unpaired) electrons. The van der Waals surface area contributed by atoms with Gasteiger partial charge in [-0.1, -0.05) is 23.1 Å². The van der Waals surface area contributed by atoms with Crippen LogP contribution in [0.3, 0.4) is 0 Å². The van der Waals surface area contributed by atoms with E-state index in [0.717, 1.165) is 0 Å². The van der Waals surface area contributed by atoms with Gasteiger partial charge < -0.3 is 15.3 Å². The average Bonchev–Trinajstić information content (AvgIpc) is 2.83. The molecule has 0 bridgehead atoms. The third-order valence-corrected chi connectivity index (χ3v) is 3.61. The van der Waals surface area contributed by atoms with Gasteiger partial charge in [0.05, 0.1) is 12.0 Å². The molecule has 16 heavy (non-hydrogen) atoms. The van der Waals surface area contributed by atoms with Crippen molar-refractivity contribution in [2.24, 2.45) is 0 Å². The molecule has 2 heterocycles. The first kappa shape index (κ1) is 11.0. The summed E-state index contributed by atoms with van der Waals surface area (Å²) in [4.78, 5) is 10.8. The molecule has 0 unspecified atom stereocenters. The van der Waals surface area contributed by atoms with Crippen LogP contribution < -0.4 is 5.73 Å². The highest BCUT2D eigenvalue weighted by molar-refractivity contribution is 8.00. The molecule has 2 aromatic heterocycles. The van der Waals surface area contributed by atoms with Crippen LogP contribution in [0.4, 0.5) is 5.13 Å². The number of hydrogen-bond acceptors (Lipinski definition) is 7. The normalized spacial score (nSPS) is 10.5. The lowest BCUT2D eigenvalue weighted by molar-refractivity contribution is 0.0695. The number of rotatable bonds is 4. The van der Waals surface area contributed by atoms with Gasteiger partial charge in [0, 0.05) is 0 Å². The maximum absolute atomic E-state index is 10.8. The number of hydrogen-bond donors (Lipinski definition) is 2. The van der Waals surface area contributed by atoms with Gasteiger partial charge >= 0.3 is 5.97 Å². The summed E-state index contributed by atoms with van der Waals surface area (Å²) in [6.07, 6.45) is 1.35. The lowest BCUT2D eigenvalue weighted by Crippen LogP contribution is -1.97. The van der Waals surface area contributed by atoms with Gasteiger partial charge in [-0.05, 0) is 6.07 Å². The van der Waals surface area contributed by atoms with Gasteiger partial charge in [0.25, 0.3) is 0 Å². The number of aromatic carboxylic acids is 1. The van der Waals surface area contributed by atoms with Gasteiger partial charge in [-0.25, -0.2) is 4.79 Å². The standard InChI is InChI=1S/C8H7N3O3S2/c9-7-10-11-8(16-7)15-3-5-4(6(12)13)1-2-14-5/h1-2H,3H2,(H2,9,10)(H,12,13). The quantitative estimate of drug-likeness (QED) is 0.803. The van der Waals surface area contributed by atoms with Crippen molar-refractivity contribution in [3.05, 3.63) is 23.7 Å². The van der Waals surface area contributed by atoms with Crippen molar-refractivity contribution in [3.63, 3.8) is 0 Å². The van der Waals surface area contributed by atoms with Gasteiger partial charge in [0.15, 0.2) is 4.34 Å². The molecule has 6 nitrogen and oxygen atoms in total. The summed E-state index contributed by atoms with van der Waals surface area (Å²) in [6.45, 7) is 0. The van der Waals surface area contributed by atoms with Crippen LogP contribution in [-0.2, 0) is 5.75 Å². The zero-order valence-corrected chi connectivity index (χ0v) is 9.55. The van der Waals surface area contributed by atoms with Crippen LogP contribution in [0.2, 0.25) is 0 Å². The Balaban J connectivity index is 2.04. The van der Waals surface area contributed by atoms with Crippen LogP contribution in [0.25, 0.3) is 0 Å². The van der Waals surface area contributed by atoms with Crippen molar-refractivity contribution >= 4 is 34.2 Å². The molecule has 2 rings (SSSR count). The molecule has 0 aromatic carbocycles. The van der Waals surface area contributed by atoms with E-state index in [1.807, 2.05) is 0 Å². The van der Waals surface area contributed by atoms with Crippen LogP contribution in [0, 0.1) is 0 Å². The van der Waals surface area contributed by atoms with Crippen molar-refractivity contribution in [2.75, 3.05) is 5.73 Å². The predicted octanol–water partition coefficient (Wildman–Crippen LogP) is 1.70. The fourth-order valence-corrected chi connectivity index (χ4v) is 2.64. The van der Waals surface area contributed by atoms with E-state index < -0.39 is 5.97 Å². The van der Waals surface area contributed by atoms with E-state index in [0.29, 0.717) is 21.0 Å². The third kappa shape index (κ3) is 2.34. The second-order valence-electron chi connectivity index (χ2n) is 2.76. The molecule has 0 atom stereocenters. The predicted molar refractivity (Wildman–Crippen MR) is 59.5 cm³/mol. The number of anilines is 1. The van der Waals surface area contributed by atoms with E-state index in [2.05, 4.69) is 10.2 Å². The fourth-order valence-electron chi connectivity index (χ4n) is 1.05. The molecular weight excluding hydrogens is 250 g/mol. The highest BCUT2D eigenvalue weighted by atomic mass is 32.2. The van der Waals surface area contributed by atoms with Crippen LogP contribution in [0.1, 0.15) is 16.1 Å². The zero-order chi connectivity index (χ0) is 11.5. The molecule has 2 aromatic rings. The Kier molecular flexibility index (Phi) is 3.11. The lowest BCUT2D eigenvalue weighted by atomic mass is 10.3. The number of thioether (sulfide) groups is 1. The monoisotopic (exact) mass is 257 g/mol. The van der Waals surface area contributed by atoms with Crippen molar-refractivity contribution in [2.45, 2.75) is 10.1 Å². The van der Waals surface area contributed by atoms with E-state index >= 15 is 0 Å². The number of nitrogens with zero attached hydrogens (tertiary/aromatic N) is 2. The fraction of sp³-hybridized carbons (Fsp3) is 0.125. The maximum atomic E-state index is 10.8. The molecule has 8 heteroatoms. The number of aromatic nitrogens is 2. The van der Waals surface area contributed by atoms with Gasteiger partial charge in [-0.15, -0.1) is 10.2 Å². The summed E-state index contributed by atoms with van der Waals surface area (Å²) in [7, 11) is 0. The molecule has 84 valence electrons. The minimum absolute atomic E-state index is 0.171. The molecular formula is C8H7N3O3S2. The van der Waals surface area contributed by atoms with Gasteiger partial charge in [-0.3, -0.25) is 0 Å². The minimum Gasteiger partial charge on any atom is -0.478 e. The van der Waals surface area contributed by atoms with Crippen LogP contribution in [0.15, 0.2) is 21.1 Å². The van der Waals surface area contributed by atoms with Crippen molar-refractivity contribution < 1.29 is 14.3 Å². The molecule has 0 aliphatic heterocycles. The number of carbonyl (C=O) groups is 1. The van der Waals surface area contributed by atoms with Crippen LogP contribution in [0.5, 0.6) is 0 Å². The number of carboxylic acids is 1. The van der Waals surface area contributed by atoms with Gasteiger partial charge in [0.1, 0.15) is 11.3 Å². The molecule has 0 aliphatic rings. The summed E-state index contributed by atoms with van der Waals surface area (Å²) in [5.41, 5.74) is 5.59. The first-order valence-electron chi connectivity index (χ1n) is 4.18. The topological polar surface area (TPSA) is 102 Å². The highest BCUT2D eigenvalue weighted by Crippen LogP contribution is 2.28. The van der Waals surface area contributed by atoms with Crippen molar-refractivity contribution in [3.8, 4) is 0 Å². The smallest absolute Gasteiger partial charge is 0.339 e. The SMILES string of the molecule is Nc1nnc(SCc2occc2C(=O)O)s1. The third-order valence-electron chi connectivity index (χ3n) is 1.72. The molecule has 3 N–H and O–H groups in total. The highest BCUT2D eigenvalue weighted by Gasteiger charge is 2.14. The number of nitrogen functional groups attached to an aromatic ring is 1. The molecule has 0 saturated heterocycles. The zero-order valence-electron chi connectivity index (χ0n) is 7.91. The van der Waals surface area contributed by atoms with E-state index in [-0.39, 0.29) is 5.56 Å². The second kappa shape index (κ2) is 4.54. The van der Waals surface area contributed by atoms with E-state index in [1.165, 1.54) is 35.4 Å². The van der Waals surface area contributed by atoms with E-state index in [9.17, 15) is 4.79 Å². The Bertz CT molecular complexity index is 508. The average molecular weight is 257 g/mol. The summed E-state index contributed by atoms with van der Waals surface area (Å²) >= 11 is 2.59. The van der Waals surface area contributed by atoms with Crippen molar-refractivity contribution in [1.29, 1.82) is 0 Å². The van der Waals surface area contributed by atoms with E-state index in [4.69, 9.17) is 15.3 Å². The Morgan fingerprint density at radius 2 is 2.44 bits per heavy atom. The number of furan rings is 1. The Morgan fingerprint density at radius 3 is 3.06 bits per heavy atom. The Labute approximate surface area is 98.5 Å². The number of nitrogens with two attached hydrogens (primary N) is 1. The second-order valence-corrected chi connectivity index (χ2v) is 4.99. The van der Waals surface area contributed by atoms with Crippen LogP contribution >= 0.6 is 23.1 Å². The van der Waals surface area contributed by atoms with E-state index in [1.54, 1.807) is 0 Å². The molecule has 0 spiro atoms. The summed E-state index contributed by atoms with van der Waals surface area (Å²) in [6, 6.07) is 1.42. The molecule has 0 fully saturated rings. The maximum Gasteiger partial charge on any atom is 0.339 e. The molecule has 0 amide bonds. The first-order chi connectivity index (χ1) is 7.66. The Morgan fingerprint density at radius 1 is 1.62 bits per heavy atom.